The van der Waals surface area contributed by atoms with Gasteiger partial charge in [-0.15, -0.1) is 0 Å². The molecule has 0 radical (unpaired) electrons. The monoisotopic (exact) mass is 101 g/mol. The number of hydrogen-bond acceptors (Lipinski definition) is 2. The van der Waals surface area contributed by atoms with Crippen LogP contribution in [0.3, 0.4) is 0 Å². The van der Waals surface area contributed by atoms with E-state index < -0.39 is 0 Å². The predicted octanol–water partition coefficient (Wildman–Crippen LogP) is -0.269. The van der Waals surface area contributed by atoms with Crippen LogP contribution in [0.2, 0.25) is 0 Å². The summed E-state index contributed by atoms with van der Waals surface area (Å²) in [6, 6.07) is 0.743. The van der Waals surface area contributed by atoms with Crippen LogP contribution in [0, 0.1) is 0 Å². The summed E-state index contributed by atoms with van der Waals surface area (Å²) in [5.41, 5.74) is 0. The van der Waals surface area contributed by atoms with Crippen molar-refractivity contribution in [1.82, 2.24) is 5.32 Å². The van der Waals surface area contributed by atoms with E-state index in [0.29, 0.717) is 6.61 Å². The van der Waals surface area contributed by atoms with Gasteiger partial charge in [0.25, 0.3) is 0 Å². The van der Waals surface area contributed by atoms with Gasteiger partial charge in [0.2, 0.25) is 0 Å². The SMILES string of the molecule is OCCCC1CN1. The Bertz CT molecular complexity index is 52.0. The van der Waals surface area contributed by atoms with Crippen molar-refractivity contribution in [2.75, 3.05) is 13.2 Å². The molecule has 42 valence electrons. The molecule has 0 aromatic carbocycles. The second-order valence-electron chi connectivity index (χ2n) is 1.97. The molecule has 0 aromatic rings. The van der Waals surface area contributed by atoms with Crippen LogP contribution in [0.5, 0.6) is 0 Å². The summed E-state index contributed by atoms with van der Waals surface area (Å²) in [5, 5.41) is 11.5. The van der Waals surface area contributed by atoms with E-state index in [1.807, 2.05) is 0 Å². The minimum Gasteiger partial charge on any atom is -0.396 e. The zero-order valence-corrected chi connectivity index (χ0v) is 4.35. The summed E-state index contributed by atoms with van der Waals surface area (Å²) in [5.74, 6) is 0. The molecule has 1 aliphatic rings. The summed E-state index contributed by atoms with van der Waals surface area (Å²) in [6.45, 7) is 1.51. The molecule has 0 saturated carbocycles. The van der Waals surface area contributed by atoms with Crippen molar-refractivity contribution in [3.63, 3.8) is 0 Å². The molecule has 1 atom stereocenters. The lowest BCUT2D eigenvalue weighted by Crippen LogP contribution is -1.91. The fraction of sp³-hybridized carbons (Fsp3) is 1.00. The van der Waals surface area contributed by atoms with Gasteiger partial charge in [0.05, 0.1) is 0 Å². The smallest absolute Gasteiger partial charge is 0.0431 e. The average molecular weight is 101 g/mol. The first-order valence-corrected chi connectivity index (χ1v) is 2.77. The van der Waals surface area contributed by atoms with Crippen LogP contribution in [-0.4, -0.2) is 24.3 Å². The van der Waals surface area contributed by atoms with Crippen molar-refractivity contribution in [3.05, 3.63) is 0 Å². The minimum atomic E-state index is 0.345. The quantitative estimate of drug-likeness (QED) is 0.480. The highest BCUT2D eigenvalue weighted by Crippen LogP contribution is 2.04. The van der Waals surface area contributed by atoms with Gasteiger partial charge >= 0.3 is 0 Å². The Labute approximate surface area is 43.5 Å². The Hall–Kier alpha value is -0.0800. The van der Waals surface area contributed by atoms with Crippen LogP contribution in [0.1, 0.15) is 12.8 Å². The molecule has 0 spiro atoms. The van der Waals surface area contributed by atoms with Gasteiger partial charge in [0, 0.05) is 19.2 Å². The van der Waals surface area contributed by atoms with E-state index in [1.54, 1.807) is 0 Å². The first-order valence-electron chi connectivity index (χ1n) is 2.77. The van der Waals surface area contributed by atoms with Gasteiger partial charge in [0.1, 0.15) is 0 Å². The highest BCUT2D eigenvalue weighted by atomic mass is 16.2. The van der Waals surface area contributed by atoms with Crippen LogP contribution in [0.15, 0.2) is 0 Å². The van der Waals surface area contributed by atoms with E-state index >= 15 is 0 Å². The first kappa shape index (κ1) is 5.06. The van der Waals surface area contributed by atoms with E-state index in [4.69, 9.17) is 5.11 Å². The normalized spacial score (nSPS) is 27.9. The van der Waals surface area contributed by atoms with Gasteiger partial charge in [-0.2, -0.15) is 0 Å². The molecular formula is C5H11NO. The molecule has 1 heterocycles. The van der Waals surface area contributed by atoms with E-state index in [1.165, 1.54) is 6.54 Å². The van der Waals surface area contributed by atoms with Gasteiger partial charge in [-0.05, 0) is 12.8 Å². The highest BCUT2D eigenvalue weighted by Gasteiger charge is 2.17. The number of rotatable bonds is 3. The molecule has 2 heteroatoms. The van der Waals surface area contributed by atoms with Gasteiger partial charge in [-0.3, -0.25) is 0 Å². The van der Waals surface area contributed by atoms with Crippen molar-refractivity contribution in [1.29, 1.82) is 0 Å². The van der Waals surface area contributed by atoms with Crippen LogP contribution in [-0.2, 0) is 0 Å². The van der Waals surface area contributed by atoms with E-state index in [2.05, 4.69) is 5.32 Å². The topological polar surface area (TPSA) is 42.2 Å². The van der Waals surface area contributed by atoms with E-state index in [0.717, 1.165) is 18.9 Å². The van der Waals surface area contributed by atoms with Crippen LogP contribution in [0.25, 0.3) is 0 Å². The second kappa shape index (κ2) is 2.28. The van der Waals surface area contributed by atoms with Gasteiger partial charge in [-0.25, -0.2) is 0 Å². The molecule has 2 N–H and O–H groups in total. The zero-order chi connectivity index (χ0) is 5.11. The Morgan fingerprint density at radius 3 is 2.86 bits per heavy atom. The fourth-order valence-corrected chi connectivity index (χ4v) is 0.625. The lowest BCUT2D eigenvalue weighted by molar-refractivity contribution is 0.284. The van der Waals surface area contributed by atoms with Gasteiger partial charge in [-0.1, -0.05) is 0 Å². The van der Waals surface area contributed by atoms with Crippen molar-refractivity contribution in [3.8, 4) is 0 Å². The van der Waals surface area contributed by atoms with Crippen LogP contribution in [0.4, 0.5) is 0 Å². The fourth-order valence-electron chi connectivity index (χ4n) is 0.625. The van der Waals surface area contributed by atoms with Crippen molar-refractivity contribution in [2.45, 2.75) is 18.9 Å². The lowest BCUT2D eigenvalue weighted by Gasteiger charge is -1.87. The van der Waals surface area contributed by atoms with Gasteiger partial charge < -0.3 is 10.4 Å². The van der Waals surface area contributed by atoms with Gasteiger partial charge in [0.15, 0.2) is 0 Å². The maximum atomic E-state index is 8.32. The maximum absolute atomic E-state index is 8.32. The molecule has 1 saturated heterocycles. The first-order chi connectivity index (χ1) is 3.43. The van der Waals surface area contributed by atoms with Crippen molar-refractivity contribution < 1.29 is 5.11 Å². The molecule has 1 rings (SSSR count). The number of aliphatic hydroxyl groups is 1. The van der Waals surface area contributed by atoms with Crippen molar-refractivity contribution >= 4 is 0 Å². The summed E-state index contributed by atoms with van der Waals surface area (Å²) in [6.07, 6.45) is 2.11. The molecule has 0 amide bonds. The van der Waals surface area contributed by atoms with E-state index in [-0.39, 0.29) is 0 Å². The molecule has 1 fully saturated rings. The molecule has 0 aromatic heterocycles. The third-order valence-electron chi connectivity index (χ3n) is 1.20. The number of hydrogen-bond donors (Lipinski definition) is 2. The zero-order valence-electron chi connectivity index (χ0n) is 4.35. The lowest BCUT2D eigenvalue weighted by atomic mass is 10.2. The van der Waals surface area contributed by atoms with Crippen LogP contribution < -0.4 is 5.32 Å². The summed E-state index contributed by atoms with van der Waals surface area (Å²) >= 11 is 0. The summed E-state index contributed by atoms with van der Waals surface area (Å²) in [7, 11) is 0. The largest absolute Gasteiger partial charge is 0.396 e. The van der Waals surface area contributed by atoms with Crippen molar-refractivity contribution in [2.24, 2.45) is 0 Å². The summed E-state index contributed by atoms with van der Waals surface area (Å²) in [4.78, 5) is 0. The number of aliphatic hydroxyl groups excluding tert-OH is 1. The highest BCUT2D eigenvalue weighted by molar-refractivity contribution is 4.82. The molecule has 1 aliphatic heterocycles. The third kappa shape index (κ3) is 1.90. The minimum absolute atomic E-state index is 0.345. The van der Waals surface area contributed by atoms with E-state index in [9.17, 15) is 0 Å². The second-order valence-corrected chi connectivity index (χ2v) is 1.97. The maximum Gasteiger partial charge on any atom is 0.0431 e. The Morgan fingerprint density at radius 2 is 2.43 bits per heavy atom. The third-order valence-corrected chi connectivity index (χ3v) is 1.20. The molecule has 1 unspecified atom stereocenters. The standard InChI is InChI=1S/C5H11NO/c7-3-1-2-5-4-6-5/h5-7H,1-4H2. The van der Waals surface area contributed by atoms with Crippen LogP contribution >= 0.6 is 0 Å². The Morgan fingerprint density at radius 1 is 1.71 bits per heavy atom. The molecule has 0 aliphatic carbocycles. The number of nitrogens with one attached hydrogen (secondary N) is 1. The molecule has 2 nitrogen and oxygen atoms in total. The predicted molar refractivity (Wildman–Crippen MR) is 28.1 cm³/mol. The Balaban J connectivity index is 1.80. The molecule has 0 bridgehead atoms. The Kier molecular flexibility index (Phi) is 1.65. The molecular weight excluding hydrogens is 90.1 g/mol. The molecule has 7 heavy (non-hydrogen) atoms. The summed E-state index contributed by atoms with van der Waals surface area (Å²) < 4.78 is 0. The average Bonchev–Trinajstić information content (AvgIpc) is 2.42.